The highest BCUT2D eigenvalue weighted by Gasteiger charge is 2.31. The summed E-state index contributed by atoms with van der Waals surface area (Å²) in [5.41, 5.74) is 3.04. The molecule has 6 rings (SSSR count). The average molecular weight is 524 g/mol. The van der Waals surface area contributed by atoms with Crippen LogP contribution in [0.15, 0.2) is 18.3 Å². The second-order valence-electron chi connectivity index (χ2n) is 10.1. The molecule has 1 saturated carbocycles. The number of fused-ring (bicyclic) bond motifs is 2. The molecular weight excluding hydrogens is 492 g/mol. The van der Waals surface area contributed by atoms with E-state index in [9.17, 15) is 13.6 Å². The summed E-state index contributed by atoms with van der Waals surface area (Å²) >= 11 is 0. The number of hydrogen-bond acceptors (Lipinski definition) is 7. The summed E-state index contributed by atoms with van der Waals surface area (Å²) in [5.74, 6) is 1.97. The molecule has 5 heterocycles. The number of rotatable bonds is 7. The molecule has 3 N–H and O–H groups in total. The van der Waals surface area contributed by atoms with E-state index in [2.05, 4.69) is 25.5 Å². The summed E-state index contributed by atoms with van der Waals surface area (Å²) in [6, 6.07) is 4.21. The van der Waals surface area contributed by atoms with E-state index in [4.69, 9.17) is 15.0 Å². The molecular formula is C26H31F2N9O. The van der Waals surface area contributed by atoms with Crippen LogP contribution in [0.3, 0.4) is 0 Å². The molecule has 12 heteroatoms. The van der Waals surface area contributed by atoms with Gasteiger partial charge in [0.15, 0.2) is 5.65 Å². The van der Waals surface area contributed by atoms with Crippen LogP contribution in [0.2, 0.25) is 0 Å². The van der Waals surface area contributed by atoms with Crippen molar-refractivity contribution in [3.05, 3.63) is 24.2 Å². The predicted molar refractivity (Wildman–Crippen MR) is 141 cm³/mol. The van der Waals surface area contributed by atoms with E-state index in [1.807, 2.05) is 12.3 Å². The number of halogens is 2. The summed E-state index contributed by atoms with van der Waals surface area (Å²) < 4.78 is 27.8. The summed E-state index contributed by atoms with van der Waals surface area (Å²) in [7, 11) is 1.80. The molecule has 200 valence electrons. The molecule has 0 aromatic carbocycles. The van der Waals surface area contributed by atoms with Gasteiger partial charge in [-0.15, -0.1) is 0 Å². The van der Waals surface area contributed by atoms with Crippen LogP contribution in [-0.2, 0) is 11.3 Å². The smallest absolute Gasteiger partial charge is 0.256 e. The second-order valence-corrected chi connectivity index (χ2v) is 10.1. The maximum atomic E-state index is 13.2. The number of amides is 1. The monoisotopic (exact) mass is 523 g/mol. The minimum absolute atomic E-state index is 0.239. The van der Waals surface area contributed by atoms with Crippen molar-refractivity contribution < 1.29 is 13.6 Å². The summed E-state index contributed by atoms with van der Waals surface area (Å²) in [4.78, 5) is 35.9. The first-order chi connectivity index (χ1) is 18.4. The van der Waals surface area contributed by atoms with Gasteiger partial charge in [0.25, 0.3) is 6.43 Å². The van der Waals surface area contributed by atoms with Gasteiger partial charge in [-0.25, -0.2) is 18.7 Å². The zero-order valence-electron chi connectivity index (χ0n) is 21.5. The number of H-pyrrole nitrogens is 1. The Morgan fingerprint density at radius 2 is 1.95 bits per heavy atom. The molecule has 2 aliphatic rings. The minimum Gasteiger partial charge on any atom is -0.372 e. The Bertz CT molecular complexity index is 1490. The largest absolute Gasteiger partial charge is 0.372 e. The van der Waals surface area contributed by atoms with Gasteiger partial charge in [-0.05, 0) is 51.2 Å². The van der Waals surface area contributed by atoms with E-state index in [1.54, 1.807) is 20.0 Å². The first-order valence-electron chi connectivity index (χ1n) is 13.2. The second kappa shape index (κ2) is 9.80. The van der Waals surface area contributed by atoms with Crippen molar-refractivity contribution >= 4 is 39.9 Å². The van der Waals surface area contributed by atoms with Gasteiger partial charge < -0.3 is 25.1 Å². The summed E-state index contributed by atoms with van der Waals surface area (Å²) in [5, 5.41) is 7.44. The number of hydrogen-bond donors (Lipinski definition) is 3. The summed E-state index contributed by atoms with van der Waals surface area (Å²) in [6.45, 7) is 2.14. The van der Waals surface area contributed by atoms with E-state index in [0.29, 0.717) is 58.5 Å². The number of alkyl halides is 2. The van der Waals surface area contributed by atoms with Crippen molar-refractivity contribution in [2.45, 2.75) is 70.5 Å². The Hall–Kier alpha value is -3.83. The Morgan fingerprint density at radius 1 is 1.13 bits per heavy atom. The fraction of sp³-hybridized carbons (Fsp3) is 0.500. The quantitative estimate of drug-likeness (QED) is 0.330. The van der Waals surface area contributed by atoms with Crippen LogP contribution >= 0.6 is 0 Å². The number of aromatic nitrogens is 6. The van der Waals surface area contributed by atoms with Gasteiger partial charge in [-0.3, -0.25) is 4.79 Å². The molecule has 0 spiro atoms. The lowest BCUT2D eigenvalue weighted by Gasteiger charge is -2.34. The van der Waals surface area contributed by atoms with Gasteiger partial charge in [0.1, 0.15) is 22.8 Å². The lowest BCUT2D eigenvalue weighted by molar-refractivity contribution is -0.130. The number of carbonyl (C=O) groups is 1. The molecule has 0 atom stereocenters. The fourth-order valence-electron chi connectivity index (χ4n) is 5.87. The third kappa shape index (κ3) is 4.41. The normalized spacial score (nSPS) is 20.2. The first kappa shape index (κ1) is 24.5. The molecule has 2 fully saturated rings. The van der Waals surface area contributed by atoms with E-state index in [-0.39, 0.29) is 6.04 Å². The number of pyridine rings is 1. The van der Waals surface area contributed by atoms with Gasteiger partial charge in [0.2, 0.25) is 11.9 Å². The number of aryl methyl sites for hydroxylation is 1. The Labute approximate surface area is 218 Å². The Morgan fingerprint density at radius 3 is 2.66 bits per heavy atom. The molecule has 1 amide bonds. The lowest BCUT2D eigenvalue weighted by Crippen LogP contribution is -2.41. The zero-order chi connectivity index (χ0) is 26.4. The van der Waals surface area contributed by atoms with Crippen LogP contribution in [0.25, 0.3) is 33.5 Å². The Kier molecular flexibility index (Phi) is 6.32. The fourth-order valence-corrected chi connectivity index (χ4v) is 5.87. The molecule has 1 aliphatic carbocycles. The van der Waals surface area contributed by atoms with Gasteiger partial charge in [-0.1, -0.05) is 0 Å². The number of nitrogens with one attached hydrogen (secondary N) is 3. The highest BCUT2D eigenvalue weighted by molar-refractivity contribution is 6.01. The summed E-state index contributed by atoms with van der Waals surface area (Å²) in [6.07, 6.45) is 4.83. The van der Waals surface area contributed by atoms with E-state index >= 15 is 0 Å². The Balaban J connectivity index is 1.25. The third-order valence-electron chi connectivity index (χ3n) is 7.73. The molecule has 0 radical (unpaired) electrons. The van der Waals surface area contributed by atoms with Crippen molar-refractivity contribution in [3.8, 4) is 11.3 Å². The van der Waals surface area contributed by atoms with Crippen LogP contribution in [0.5, 0.6) is 0 Å². The SMILES string of the molecule is CNc1nc(N[C@H]2CC[C@@H](N3CCCC3=O)CC2)nc2[nH]cc(-c3ccc4nc(C)n(CC(F)F)c4n3)c12. The highest BCUT2D eigenvalue weighted by atomic mass is 19.3. The molecule has 0 unspecified atom stereocenters. The molecule has 38 heavy (non-hydrogen) atoms. The molecule has 4 aromatic rings. The first-order valence-corrected chi connectivity index (χ1v) is 13.2. The van der Waals surface area contributed by atoms with Crippen molar-refractivity contribution in [2.75, 3.05) is 24.2 Å². The molecule has 1 aliphatic heterocycles. The number of imidazole rings is 1. The topological polar surface area (TPSA) is 117 Å². The molecule has 4 aromatic heterocycles. The molecule has 1 saturated heterocycles. The van der Waals surface area contributed by atoms with Crippen LogP contribution in [-0.4, -0.2) is 72.4 Å². The van der Waals surface area contributed by atoms with Gasteiger partial charge >= 0.3 is 0 Å². The zero-order valence-corrected chi connectivity index (χ0v) is 21.5. The maximum absolute atomic E-state index is 13.2. The number of anilines is 2. The van der Waals surface area contributed by atoms with E-state index in [0.717, 1.165) is 49.6 Å². The number of likely N-dealkylation sites (tertiary alicyclic amines) is 1. The van der Waals surface area contributed by atoms with Crippen LogP contribution in [0.1, 0.15) is 44.3 Å². The lowest BCUT2D eigenvalue weighted by atomic mass is 9.90. The number of nitrogens with zero attached hydrogens (tertiary/aromatic N) is 6. The predicted octanol–water partition coefficient (Wildman–Crippen LogP) is 4.33. The number of carbonyl (C=O) groups excluding carboxylic acids is 1. The maximum Gasteiger partial charge on any atom is 0.256 e. The van der Waals surface area contributed by atoms with Gasteiger partial charge in [0, 0.05) is 43.9 Å². The van der Waals surface area contributed by atoms with E-state index in [1.165, 1.54) is 4.57 Å². The minimum atomic E-state index is -2.50. The molecule has 0 bridgehead atoms. The van der Waals surface area contributed by atoms with Gasteiger partial charge in [0.05, 0.1) is 17.6 Å². The molecule has 10 nitrogen and oxygen atoms in total. The highest BCUT2D eigenvalue weighted by Crippen LogP contribution is 2.34. The van der Waals surface area contributed by atoms with Crippen molar-refractivity contribution in [1.29, 1.82) is 0 Å². The van der Waals surface area contributed by atoms with Crippen molar-refractivity contribution in [3.63, 3.8) is 0 Å². The van der Waals surface area contributed by atoms with Crippen LogP contribution in [0, 0.1) is 6.92 Å². The average Bonchev–Trinajstić information content (AvgIpc) is 3.61. The van der Waals surface area contributed by atoms with Crippen LogP contribution < -0.4 is 10.6 Å². The number of aromatic amines is 1. The van der Waals surface area contributed by atoms with Crippen molar-refractivity contribution in [1.82, 2.24) is 34.4 Å². The van der Waals surface area contributed by atoms with Crippen molar-refractivity contribution in [2.24, 2.45) is 0 Å². The van der Waals surface area contributed by atoms with Gasteiger partial charge in [-0.2, -0.15) is 9.97 Å². The third-order valence-corrected chi connectivity index (χ3v) is 7.73. The standard InChI is InChI=1S/C26H31F2N9O/c1-14-31-19-10-9-18(33-25(19)37(14)13-20(27)28)17-12-30-24-22(17)23(29-2)34-26(35-24)32-15-5-7-16(8-6-15)36-11-3-4-21(36)38/h9-10,12,15-16,20H,3-8,11,13H2,1-2H3,(H3,29,30,32,34,35)/t15-,16+. The van der Waals surface area contributed by atoms with Crippen LogP contribution in [0.4, 0.5) is 20.5 Å². The van der Waals surface area contributed by atoms with E-state index < -0.39 is 13.0 Å².